The molecular formula is C23H30N4O3S. The van der Waals surface area contributed by atoms with Gasteiger partial charge in [0.1, 0.15) is 11.5 Å². The minimum Gasteiger partial charge on any atom is -0.475 e. The molecule has 0 radical (unpaired) electrons. The Morgan fingerprint density at radius 1 is 1.19 bits per heavy atom. The molecule has 0 saturated carbocycles. The smallest absolute Gasteiger partial charge is 0.241 e. The van der Waals surface area contributed by atoms with Crippen LogP contribution in [0.3, 0.4) is 0 Å². The molecule has 7 nitrogen and oxygen atoms in total. The van der Waals surface area contributed by atoms with Crippen LogP contribution in [0.5, 0.6) is 5.88 Å². The second-order valence-corrected chi connectivity index (χ2v) is 10.3. The van der Waals surface area contributed by atoms with E-state index in [4.69, 9.17) is 9.88 Å². The Kier molecular flexibility index (Phi) is 6.25. The third kappa shape index (κ3) is 4.97. The Bertz CT molecular complexity index is 1200. The maximum absolute atomic E-state index is 11.7. The number of nitrogens with zero attached hydrogens (tertiary/aromatic N) is 3. The number of benzene rings is 1. The highest BCUT2D eigenvalue weighted by atomic mass is 32.2. The first-order chi connectivity index (χ1) is 14.4. The molecule has 0 spiro atoms. The zero-order chi connectivity index (χ0) is 23.0. The molecular weight excluding hydrogens is 412 g/mol. The number of primary sulfonamides is 1. The topological polar surface area (TPSA) is 100 Å². The zero-order valence-corrected chi connectivity index (χ0v) is 19.7. The van der Waals surface area contributed by atoms with E-state index in [0.29, 0.717) is 17.5 Å². The molecule has 166 valence electrons. The van der Waals surface area contributed by atoms with Crippen LogP contribution in [0.1, 0.15) is 50.4 Å². The van der Waals surface area contributed by atoms with Crippen molar-refractivity contribution in [1.82, 2.24) is 14.8 Å². The van der Waals surface area contributed by atoms with E-state index < -0.39 is 15.6 Å². The van der Waals surface area contributed by atoms with Crippen molar-refractivity contribution in [2.75, 3.05) is 6.61 Å². The molecule has 31 heavy (non-hydrogen) atoms. The Morgan fingerprint density at radius 3 is 2.52 bits per heavy atom. The third-order valence-corrected chi connectivity index (χ3v) is 6.41. The van der Waals surface area contributed by atoms with Crippen molar-refractivity contribution in [3.8, 4) is 17.0 Å². The lowest BCUT2D eigenvalue weighted by Gasteiger charge is -2.25. The van der Waals surface area contributed by atoms with Crippen molar-refractivity contribution in [3.05, 3.63) is 59.5 Å². The molecule has 3 rings (SSSR count). The molecule has 0 fully saturated rings. The molecule has 2 N–H and O–H groups in total. The van der Waals surface area contributed by atoms with E-state index in [9.17, 15) is 8.42 Å². The number of nitrogens with two attached hydrogens (primary N) is 1. The molecule has 0 aliphatic carbocycles. The van der Waals surface area contributed by atoms with Crippen LogP contribution in [0, 0.1) is 13.8 Å². The fourth-order valence-electron chi connectivity index (χ4n) is 3.60. The molecule has 0 aliphatic rings. The highest BCUT2D eigenvalue weighted by Gasteiger charge is 2.26. The lowest BCUT2D eigenvalue weighted by atomic mass is 9.91. The highest BCUT2D eigenvalue weighted by molar-refractivity contribution is 7.89. The van der Waals surface area contributed by atoms with E-state index in [1.807, 2.05) is 26.0 Å². The maximum Gasteiger partial charge on any atom is 0.241 e. The SMILES string of the molecule is Cc1nn(C(C)(C)COc2cc(-c3cccc(C(C)C)c3C)ccn2)cc1S(N)(=O)=O. The monoisotopic (exact) mass is 442 g/mol. The first-order valence-corrected chi connectivity index (χ1v) is 11.7. The summed E-state index contributed by atoms with van der Waals surface area (Å²) in [7, 11) is -3.83. The Balaban J connectivity index is 1.83. The maximum atomic E-state index is 11.7. The summed E-state index contributed by atoms with van der Waals surface area (Å²) in [4.78, 5) is 4.36. The minimum atomic E-state index is -3.83. The molecule has 1 aromatic carbocycles. The molecule has 0 saturated heterocycles. The average molecular weight is 443 g/mol. The van der Waals surface area contributed by atoms with Crippen molar-refractivity contribution in [3.63, 3.8) is 0 Å². The van der Waals surface area contributed by atoms with E-state index in [1.165, 1.54) is 17.3 Å². The molecule has 0 unspecified atom stereocenters. The van der Waals surface area contributed by atoms with Gasteiger partial charge in [0.2, 0.25) is 15.9 Å². The molecule has 0 aliphatic heterocycles. The van der Waals surface area contributed by atoms with Crippen LogP contribution in [0.15, 0.2) is 47.6 Å². The number of hydrogen-bond acceptors (Lipinski definition) is 5. The van der Waals surface area contributed by atoms with Gasteiger partial charge in [-0.3, -0.25) is 4.68 Å². The van der Waals surface area contributed by atoms with Crippen LogP contribution in [-0.2, 0) is 15.6 Å². The largest absolute Gasteiger partial charge is 0.475 e. The van der Waals surface area contributed by atoms with Crippen LogP contribution >= 0.6 is 0 Å². The average Bonchev–Trinajstić information content (AvgIpc) is 3.10. The highest BCUT2D eigenvalue weighted by Crippen LogP contribution is 2.31. The second-order valence-electron chi connectivity index (χ2n) is 8.73. The van der Waals surface area contributed by atoms with Crippen LogP contribution in [-0.4, -0.2) is 29.8 Å². The van der Waals surface area contributed by atoms with Gasteiger partial charge in [0.15, 0.2) is 0 Å². The summed E-state index contributed by atoms with van der Waals surface area (Å²) in [5, 5.41) is 9.59. The predicted octanol–water partition coefficient (Wildman–Crippen LogP) is 4.15. The Labute approximate surface area is 184 Å². The number of sulfonamides is 1. The minimum absolute atomic E-state index is 0.0150. The number of aromatic nitrogens is 3. The van der Waals surface area contributed by atoms with E-state index in [2.05, 4.69) is 49.1 Å². The summed E-state index contributed by atoms with van der Waals surface area (Å²) in [6.45, 7) is 12.2. The third-order valence-electron chi connectivity index (χ3n) is 5.40. The van der Waals surface area contributed by atoms with Crippen LogP contribution in [0.2, 0.25) is 0 Å². The number of ether oxygens (including phenoxy) is 1. The van der Waals surface area contributed by atoms with Gasteiger partial charge in [0.25, 0.3) is 0 Å². The predicted molar refractivity (Wildman–Crippen MR) is 122 cm³/mol. The van der Waals surface area contributed by atoms with Gasteiger partial charge < -0.3 is 4.74 Å². The van der Waals surface area contributed by atoms with Gasteiger partial charge in [-0.1, -0.05) is 32.0 Å². The normalized spacial score (nSPS) is 12.4. The first-order valence-electron chi connectivity index (χ1n) is 10.2. The van der Waals surface area contributed by atoms with Crippen molar-refractivity contribution in [1.29, 1.82) is 0 Å². The van der Waals surface area contributed by atoms with Crippen molar-refractivity contribution >= 4 is 10.0 Å². The van der Waals surface area contributed by atoms with E-state index in [-0.39, 0.29) is 11.5 Å². The fourth-order valence-corrected chi connectivity index (χ4v) is 4.30. The van der Waals surface area contributed by atoms with Gasteiger partial charge in [-0.15, -0.1) is 0 Å². The molecule has 0 amide bonds. The Hall–Kier alpha value is -2.71. The summed E-state index contributed by atoms with van der Waals surface area (Å²) in [5.74, 6) is 0.938. The standard InChI is InChI=1S/C23H30N4O3S/c1-15(2)19-8-7-9-20(16(19)3)18-10-11-25-22(12-18)30-14-23(5,6)27-13-21(17(4)26-27)31(24,28)29/h7-13,15H,14H2,1-6H3,(H2,24,28,29). The molecule has 0 bridgehead atoms. The lowest BCUT2D eigenvalue weighted by molar-refractivity contribution is 0.165. The van der Waals surface area contributed by atoms with Crippen molar-refractivity contribution < 1.29 is 13.2 Å². The van der Waals surface area contributed by atoms with Crippen LogP contribution in [0.4, 0.5) is 0 Å². The number of aryl methyl sites for hydroxylation is 1. The first kappa shape index (κ1) is 23.0. The van der Waals surface area contributed by atoms with Gasteiger partial charge in [-0.2, -0.15) is 5.10 Å². The van der Waals surface area contributed by atoms with Gasteiger partial charge in [-0.05, 0) is 61.9 Å². The van der Waals surface area contributed by atoms with Crippen LogP contribution in [0.25, 0.3) is 11.1 Å². The quantitative estimate of drug-likeness (QED) is 0.592. The molecule has 2 heterocycles. The lowest BCUT2D eigenvalue weighted by Crippen LogP contribution is -2.34. The summed E-state index contributed by atoms with van der Waals surface area (Å²) < 4.78 is 31.0. The van der Waals surface area contributed by atoms with E-state index in [0.717, 1.165) is 11.1 Å². The van der Waals surface area contributed by atoms with Gasteiger partial charge in [0, 0.05) is 18.5 Å². The van der Waals surface area contributed by atoms with E-state index >= 15 is 0 Å². The summed E-state index contributed by atoms with van der Waals surface area (Å²) in [6.07, 6.45) is 3.18. The van der Waals surface area contributed by atoms with Gasteiger partial charge >= 0.3 is 0 Å². The fraction of sp³-hybridized carbons (Fsp3) is 0.391. The van der Waals surface area contributed by atoms with Crippen LogP contribution < -0.4 is 9.88 Å². The molecule has 3 aromatic rings. The zero-order valence-electron chi connectivity index (χ0n) is 18.9. The second kappa shape index (κ2) is 8.43. The molecule has 2 aromatic heterocycles. The molecule has 0 atom stereocenters. The van der Waals surface area contributed by atoms with Crippen molar-refractivity contribution in [2.45, 2.75) is 57.9 Å². The number of hydrogen-bond donors (Lipinski definition) is 1. The Morgan fingerprint density at radius 2 is 1.90 bits per heavy atom. The molecule has 8 heteroatoms. The van der Waals surface area contributed by atoms with E-state index in [1.54, 1.807) is 17.8 Å². The van der Waals surface area contributed by atoms with Crippen molar-refractivity contribution in [2.24, 2.45) is 5.14 Å². The summed E-state index contributed by atoms with van der Waals surface area (Å²) in [5.41, 5.74) is 4.50. The number of rotatable bonds is 7. The summed E-state index contributed by atoms with van der Waals surface area (Å²) >= 11 is 0. The summed E-state index contributed by atoms with van der Waals surface area (Å²) in [6, 6.07) is 10.2. The number of pyridine rings is 1. The van der Waals surface area contributed by atoms with Gasteiger partial charge in [-0.25, -0.2) is 18.5 Å². The van der Waals surface area contributed by atoms with Gasteiger partial charge in [0.05, 0.1) is 11.2 Å².